The Morgan fingerprint density at radius 3 is 2.79 bits per heavy atom. The molecule has 0 unspecified atom stereocenters. The molecule has 0 aliphatic carbocycles. The number of hydrogen-bond acceptors (Lipinski definition) is 6. The van der Waals surface area contributed by atoms with Crippen molar-refractivity contribution in [2.24, 2.45) is 0 Å². The predicted octanol–water partition coefficient (Wildman–Crippen LogP) is 3.29. The van der Waals surface area contributed by atoms with Crippen LogP contribution < -0.4 is 9.64 Å². The molecule has 3 aliphatic heterocycles. The topological polar surface area (TPSA) is 54.4 Å². The minimum atomic E-state index is -0.831. The van der Waals surface area contributed by atoms with Gasteiger partial charge < -0.3 is 9.64 Å². The highest BCUT2D eigenvalue weighted by Gasteiger charge is 2.49. The number of halogens is 3. The van der Waals surface area contributed by atoms with Gasteiger partial charge in [0, 0.05) is 26.1 Å². The first-order valence-electron chi connectivity index (χ1n) is 9.77. The van der Waals surface area contributed by atoms with E-state index in [2.05, 4.69) is 24.8 Å². The van der Waals surface area contributed by atoms with Crippen LogP contribution in [0.3, 0.4) is 0 Å². The standard InChI is InChI=1S/C19H22ClF2N5O/c1-11-13-15(14(22)16(20)23-11)24-18(25-17(13)26-5-3-6-26)28-10-19-4-2-7-27(19)9-12(21)8-19/h12H,2-10H2,1H3/t12-,19+/m1/s1. The van der Waals surface area contributed by atoms with E-state index in [1.165, 1.54) is 0 Å². The summed E-state index contributed by atoms with van der Waals surface area (Å²) in [6.45, 7) is 5.10. The van der Waals surface area contributed by atoms with Crippen molar-refractivity contribution < 1.29 is 13.5 Å². The number of aromatic nitrogens is 3. The first-order valence-corrected chi connectivity index (χ1v) is 10.1. The van der Waals surface area contributed by atoms with Gasteiger partial charge in [-0.15, -0.1) is 0 Å². The third-order valence-corrected chi connectivity index (χ3v) is 6.52. The molecule has 0 radical (unpaired) electrons. The van der Waals surface area contributed by atoms with E-state index >= 15 is 0 Å². The summed E-state index contributed by atoms with van der Waals surface area (Å²) in [5.74, 6) is -0.0379. The van der Waals surface area contributed by atoms with Gasteiger partial charge in [0.1, 0.15) is 24.1 Å². The van der Waals surface area contributed by atoms with E-state index in [0.717, 1.165) is 38.9 Å². The number of hydrogen-bond donors (Lipinski definition) is 0. The van der Waals surface area contributed by atoms with E-state index in [0.29, 0.717) is 36.5 Å². The van der Waals surface area contributed by atoms with E-state index in [4.69, 9.17) is 16.3 Å². The van der Waals surface area contributed by atoms with Gasteiger partial charge in [-0.1, -0.05) is 11.6 Å². The molecule has 0 saturated carbocycles. The van der Waals surface area contributed by atoms with Crippen molar-refractivity contribution in [3.05, 3.63) is 16.7 Å². The normalized spacial score (nSPS) is 27.3. The Labute approximate surface area is 166 Å². The largest absolute Gasteiger partial charge is 0.461 e. The Bertz CT molecular complexity index is 940. The molecule has 0 spiro atoms. The van der Waals surface area contributed by atoms with Crippen LogP contribution in [0, 0.1) is 12.7 Å². The summed E-state index contributed by atoms with van der Waals surface area (Å²) in [5.41, 5.74) is 0.408. The van der Waals surface area contributed by atoms with E-state index in [9.17, 15) is 8.78 Å². The molecule has 0 aromatic carbocycles. The average molecular weight is 410 g/mol. The van der Waals surface area contributed by atoms with Crippen molar-refractivity contribution >= 4 is 28.3 Å². The quantitative estimate of drug-likeness (QED) is 0.722. The minimum absolute atomic E-state index is 0.110. The second-order valence-corrected chi connectivity index (χ2v) is 8.42. The molecule has 6 nitrogen and oxygen atoms in total. The second-order valence-electron chi connectivity index (χ2n) is 8.06. The number of ether oxygens (including phenoxy) is 1. The molecule has 0 bridgehead atoms. The molecule has 28 heavy (non-hydrogen) atoms. The Morgan fingerprint density at radius 1 is 1.21 bits per heavy atom. The molecule has 2 aromatic rings. The van der Waals surface area contributed by atoms with E-state index < -0.39 is 12.0 Å². The molecule has 2 atom stereocenters. The highest BCUT2D eigenvalue weighted by atomic mass is 35.5. The maximum atomic E-state index is 14.7. The zero-order valence-electron chi connectivity index (χ0n) is 15.7. The Hall–Kier alpha value is -1.80. The van der Waals surface area contributed by atoms with Gasteiger partial charge in [0.05, 0.1) is 16.6 Å². The van der Waals surface area contributed by atoms with Gasteiger partial charge in [-0.2, -0.15) is 9.97 Å². The van der Waals surface area contributed by atoms with Gasteiger partial charge in [-0.25, -0.2) is 13.8 Å². The van der Waals surface area contributed by atoms with E-state index in [1.807, 2.05) is 0 Å². The van der Waals surface area contributed by atoms with Crippen molar-refractivity contribution in [2.75, 3.05) is 37.7 Å². The van der Waals surface area contributed by atoms with Crippen molar-refractivity contribution in [3.63, 3.8) is 0 Å². The Kier molecular flexibility index (Phi) is 4.32. The second kappa shape index (κ2) is 6.62. The first-order chi connectivity index (χ1) is 13.5. The fourth-order valence-electron chi connectivity index (χ4n) is 4.74. The van der Waals surface area contributed by atoms with Crippen LogP contribution in [0.15, 0.2) is 0 Å². The highest BCUT2D eigenvalue weighted by Crippen LogP contribution is 2.41. The zero-order valence-corrected chi connectivity index (χ0v) is 16.5. The van der Waals surface area contributed by atoms with Gasteiger partial charge >= 0.3 is 6.01 Å². The Morgan fingerprint density at radius 2 is 2.04 bits per heavy atom. The van der Waals surface area contributed by atoms with Crippen LogP contribution in [0.25, 0.3) is 10.9 Å². The van der Waals surface area contributed by atoms with Gasteiger partial charge in [-0.05, 0) is 32.7 Å². The first kappa shape index (κ1) is 18.2. The monoisotopic (exact) mass is 409 g/mol. The Balaban J connectivity index is 1.52. The number of anilines is 1. The number of rotatable bonds is 4. The summed E-state index contributed by atoms with van der Waals surface area (Å²) in [6.07, 6.45) is 2.61. The maximum absolute atomic E-state index is 14.7. The fourth-order valence-corrected chi connectivity index (χ4v) is 4.96. The number of alkyl halides is 1. The molecule has 5 rings (SSSR count). The summed E-state index contributed by atoms with van der Waals surface area (Å²) in [4.78, 5) is 17.2. The number of fused-ring (bicyclic) bond motifs is 2. The van der Waals surface area contributed by atoms with Crippen LogP contribution in [0.1, 0.15) is 31.4 Å². The molecule has 2 aromatic heterocycles. The van der Waals surface area contributed by atoms with Crippen LogP contribution in [0.5, 0.6) is 6.01 Å². The number of pyridine rings is 1. The average Bonchev–Trinajstić information content (AvgIpc) is 3.12. The van der Waals surface area contributed by atoms with Crippen molar-refractivity contribution in [2.45, 2.75) is 44.3 Å². The summed E-state index contributed by atoms with van der Waals surface area (Å²) < 4.78 is 34.7. The molecule has 3 aliphatic rings. The van der Waals surface area contributed by atoms with Crippen molar-refractivity contribution in [1.82, 2.24) is 19.9 Å². The SMILES string of the molecule is Cc1nc(Cl)c(F)c2nc(OC[C@@]34CCCN3C[C@H](F)C4)nc(N3CCC3)c12. The van der Waals surface area contributed by atoms with Gasteiger partial charge in [-0.3, -0.25) is 4.90 Å². The van der Waals surface area contributed by atoms with Crippen LogP contribution in [0.2, 0.25) is 5.15 Å². The van der Waals surface area contributed by atoms with E-state index in [1.54, 1.807) is 6.92 Å². The minimum Gasteiger partial charge on any atom is -0.461 e. The molecular formula is C19H22ClF2N5O. The van der Waals surface area contributed by atoms with Crippen LogP contribution in [-0.4, -0.2) is 64.3 Å². The summed E-state index contributed by atoms with van der Waals surface area (Å²) in [7, 11) is 0. The molecule has 0 amide bonds. The molecule has 5 heterocycles. The lowest BCUT2D eigenvalue weighted by atomic mass is 9.95. The lowest BCUT2D eigenvalue weighted by Gasteiger charge is -2.33. The number of aryl methyl sites for hydroxylation is 1. The molecule has 9 heteroatoms. The summed E-state index contributed by atoms with van der Waals surface area (Å²) >= 11 is 5.94. The molecule has 150 valence electrons. The number of nitrogens with zero attached hydrogens (tertiary/aromatic N) is 5. The molecule has 0 N–H and O–H groups in total. The lowest BCUT2D eigenvalue weighted by molar-refractivity contribution is 0.107. The molecular weight excluding hydrogens is 388 g/mol. The van der Waals surface area contributed by atoms with E-state index in [-0.39, 0.29) is 22.2 Å². The van der Waals surface area contributed by atoms with Gasteiger partial charge in [0.2, 0.25) is 0 Å². The van der Waals surface area contributed by atoms with Gasteiger partial charge in [0.25, 0.3) is 0 Å². The highest BCUT2D eigenvalue weighted by molar-refractivity contribution is 6.30. The molecule has 3 saturated heterocycles. The molecule has 3 fully saturated rings. The smallest absolute Gasteiger partial charge is 0.319 e. The van der Waals surface area contributed by atoms with Crippen LogP contribution in [0.4, 0.5) is 14.6 Å². The summed E-state index contributed by atoms with van der Waals surface area (Å²) in [6, 6.07) is 0.110. The lowest BCUT2D eigenvalue weighted by Crippen LogP contribution is -2.43. The van der Waals surface area contributed by atoms with Crippen molar-refractivity contribution in [3.8, 4) is 6.01 Å². The third-order valence-electron chi connectivity index (χ3n) is 6.27. The fraction of sp³-hybridized carbons (Fsp3) is 0.632. The van der Waals surface area contributed by atoms with Crippen molar-refractivity contribution in [1.29, 1.82) is 0 Å². The van der Waals surface area contributed by atoms with Gasteiger partial charge in [0.15, 0.2) is 11.0 Å². The van der Waals surface area contributed by atoms with Crippen LogP contribution in [-0.2, 0) is 0 Å². The maximum Gasteiger partial charge on any atom is 0.319 e. The van der Waals surface area contributed by atoms with Crippen LogP contribution >= 0.6 is 11.6 Å². The summed E-state index contributed by atoms with van der Waals surface area (Å²) in [5, 5.41) is 0.361. The zero-order chi connectivity index (χ0) is 19.5. The predicted molar refractivity (Wildman–Crippen MR) is 102 cm³/mol. The third kappa shape index (κ3) is 2.80.